The lowest BCUT2D eigenvalue weighted by molar-refractivity contribution is 0.0697. The fourth-order valence-corrected chi connectivity index (χ4v) is 1.79. The van der Waals surface area contributed by atoms with Gasteiger partial charge >= 0.3 is 5.97 Å². The molecule has 0 atom stereocenters. The van der Waals surface area contributed by atoms with Crippen LogP contribution in [0.2, 0.25) is 5.02 Å². The molecule has 0 spiro atoms. The first kappa shape index (κ1) is 11.6. The van der Waals surface area contributed by atoms with Crippen LogP contribution in [0.1, 0.15) is 10.4 Å². The van der Waals surface area contributed by atoms with Gasteiger partial charge in [0.15, 0.2) is 0 Å². The van der Waals surface area contributed by atoms with Crippen molar-refractivity contribution in [2.45, 2.75) is 0 Å². The van der Waals surface area contributed by atoms with Gasteiger partial charge in [0, 0.05) is 5.02 Å². The number of carboxylic acids is 1. The molecule has 0 aliphatic rings. The first-order chi connectivity index (χ1) is 8.08. The number of hydrogen-bond donors (Lipinski definition) is 1. The molecule has 0 bridgehead atoms. The molecule has 17 heavy (non-hydrogen) atoms. The Morgan fingerprint density at radius 1 is 1.18 bits per heavy atom. The van der Waals surface area contributed by atoms with Crippen molar-refractivity contribution in [3.8, 4) is 11.1 Å². The highest BCUT2D eigenvalue weighted by atomic mass is 35.5. The molecule has 0 saturated carbocycles. The molecule has 0 radical (unpaired) electrons. The summed E-state index contributed by atoms with van der Waals surface area (Å²) in [6, 6.07) is 10.4. The molecule has 86 valence electrons. The number of carboxylic acid groups (broad SMARTS) is 1. The lowest BCUT2D eigenvalue weighted by atomic mass is 10.00. The molecule has 2 aromatic carbocycles. The summed E-state index contributed by atoms with van der Waals surface area (Å²) < 4.78 is 13.0. The zero-order chi connectivity index (χ0) is 12.4. The van der Waals surface area contributed by atoms with Crippen molar-refractivity contribution in [1.29, 1.82) is 0 Å². The van der Waals surface area contributed by atoms with Crippen molar-refractivity contribution < 1.29 is 14.3 Å². The van der Waals surface area contributed by atoms with Crippen LogP contribution in [0.5, 0.6) is 0 Å². The lowest BCUT2D eigenvalue weighted by Gasteiger charge is -2.06. The Labute approximate surface area is 102 Å². The van der Waals surface area contributed by atoms with Crippen molar-refractivity contribution in [2.75, 3.05) is 0 Å². The maximum absolute atomic E-state index is 13.0. The van der Waals surface area contributed by atoms with Gasteiger partial charge in [-0.3, -0.25) is 0 Å². The Kier molecular flexibility index (Phi) is 3.11. The van der Waals surface area contributed by atoms with Crippen LogP contribution >= 0.6 is 11.6 Å². The summed E-state index contributed by atoms with van der Waals surface area (Å²) >= 11 is 5.84. The summed E-state index contributed by atoms with van der Waals surface area (Å²) in [6.07, 6.45) is 0. The van der Waals surface area contributed by atoms with E-state index in [0.29, 0.717) is 16.1 Å². The number of benzene rings is 2. The first-order valence-electron chi connectivity index (χ1n) is 4.87. The van der Waals surface area contributed by atoms with Crippen LogP contribution in [0.4, 0.5) is 4.39 Å². The fraction of sp³-hybridized carbons (Fsp3) is 0. The zero-order valence-electron chi connectivity index (χ0n) is 8.65. The van der Waals surface area contributed by atoms with Crippen molar-refractivity contribution >= 4 is 17.6 Å². The zero-order valence-corrected chi connectivity index (χ0v) is 9.41. The van der Waals surface area contributed by atoms with Crippen LogP contribution in [0, 0.1) is 5.82 Å². The van der Waals surface area contributed by atoms with E-state index in [9.17, 15) is 9.18 Å². The summed E-state index contributed by atoms with van der Waals surface area (Å²) in [5.74, 6) is -1.74. The largest absolute Gasteiger partial charge is 0.478 e. The molecule has 1 N–H and O–H groups in total. The molecule has 0 saturated heterocycles. The van der Waals surface area contributed by atoms with Gasteiger partial charge in [-0.15, -0.1) is 0 Å². The smallest absolute Gasteiger partial charge is 0.336 e. The summed E-state index contributed by atoms with van der Waals surface area (Å²) in [4.78, 5) is 11.0. The molecule has 0 fully saturated rings. The van der Waals surface area contributed by atoms with Crippen LogP contribution in [0.25, 0.3) is 11.1 Å². The van der Waals surface area contributed by atoms with Crippen LogP contribution < -0.4 is 0 Å². The Morgan fingerprint density at radius 2 is 1.94 bits per heavy atom. The van der Waals surface area contributed by atoms with Crippen molar-refractivity contribution in [3.63, 3.8) is 0 Å². The van der Waals surface area contributed by atoms with E-state index in [-0.39, 0.29) is 5.56 Å². The third-order valence-corrected chi connectivity index (χ3v) is 2.58. The molecule has 2 aromatic rings. The Bertz CT molecular complexity index is 581. The Hall–Kier alpha value is -1.87. The van der Waals surface area contributed by atoms with Crippen LogP contribution in [0.15, 0.2) is 42.5 Å². The SMILES string of the molecule is O=C(O)c1cc(F)ccc1-c1cccc(Cl)c1. The van der Waals surface area contributed by atoms with E-state index < -0.39 is 11.8 Å². The molecule has 2 nitrogen and oxygen atoms in total. The molecular formula is C13H8ClFO2. The van der Waals surface area contributed by atoms with Crippen molar-refractivity contribution in [2.24, 2.45) is 0 Å². The average molecular weight is 251 g/mol. The highest BCUT2D eigenvalue weighted by molar-refractivity contribution is 6.30. The number of carbonyl (C=O) groups is 1. The number of hydrogen-bond acceptors (Lipinski definition) is 1. The monoisotopic (exact) mass is 250 g/mol. The van der Waals surface area contributed by atoms with E-state index in [1.54, 1.807) is 24.3 Å². The van der Waals surface area contributed by atoms with Crippen LogP contribution in [0.3, 0.4) is 0 Å². The van der Waals surface area contributed by atoms with Gasteiger partial charge in [-0.25, -0.2) is 9.18 Å². The van der Waals surface area contributed by atoms with E-state index in [1.165, 1.54) is 12.1 Å². The predicted molar refractivity (Wildman–Crippen MR) is 63.8 cm³/mol. The van der Waals surface area contributed by atoms with Gasteiger partial charge in [0.2, 0.25) is 0 Å². The molecular weight excluding hydrogens is 243 g/mol. The summed E-state index contributed by atoms with van der Waals surface area (Å²) in [5.41, 5.74) is 1.02. The lowest BCUT2D eigenvalue weighted by Crippen LogP contribution is -2.00. The number of halogens is 2. The van der Waals surface area contributed by atoms with E-state index >= 15 is 0 Å². The molecule has 0 aliphatic heterocycles. The number of rotatable bonds is 2. The first-order valence-corrected chi connectivity index (χ1v) is 5.24. The Morgan fingerprint density at radius 3 is 2.59 bits per heavy atom. The molecule has 0 aliphatic carbocycles. The Balaban J connectivity index is 2.63. The molecule has 0 aromatic heterocycles. The highest BCUT2D eigenvalue weighted by Crippen LogP contribution is 2.26. The van der Waals surface area contributed by atoms with Gasteiger partial charge in [0.1, 0.15) is 5.82 Å². The maximum Gasteiger partial charge on any atom is 0.336 e. The van der Waals surface area contributed by atoms with Gasteiger partial charge in [0.25, 0.3) is 0 Å². The number of aromatic carboxylic acids is 1. The van der Waals surface area contributed by atoms with Gasteiger partial charge < -0.3 is 5.11 Å². The van der Waals surface area contributed by atoms with Crippen LogP contribution in [-0.2, 0) is 0 Å². The van der Waals surface area contributed by atoms with Gasteiger partial charge in [-0.2, -0.15) is 0 Å². The summed E-state index contributed by atoms with van der Waals surface area (Å²) in [5, 5.41) is 9.52. The second kappa shape index (κ2) is 4.55. The molecule has 4 heteroatoms. The predicted octanol–water partition coefficient (Wildman–Crippen LogP) is 3.84. The highest BCUT2D eigenvalue weighted by Gasteiger charge is 2.12. The molecule has 0 amide bonds. The van der Waals surface area contributed by atoms with E-state index in [4.69, 9.17) is 16.7 Å². The van der Waals surface area contributed by atoms with E-state index in [0.717, 1.165) is 6.07 Å². The minimum Gasteiger partial charge on any atom is -0.478 e. The summed E-state index contributed by atoms with van der Waals surface area (Å²) in [6.45, 7) is 0. The molecule has 0 heterocycles. The van der Waals surface area contributed by atoms with Crippen LogP contribution in [-0.4, -0.2) is 11.1 Å². The standard InChI is InChI=1S/C13H8ClFO2/c14-9-3-1-2-8(6-9)11-5-4-10(15)7-12(11)13(16)17/h1-7H,(H,16,17). The average Bonchev–Trinajstić information content (AvgIpc) is 2.28. The van der Waals surface area contributed by atoms with Gasteiger partial charge in [0.05, 0.1) is 5.56 Å². The summed E-state index contributed by atoms with van der Waals surface area (Å²) in [7, 11) is 0. The maximum atomic E-state index is 13.0. The van der Waals surface area contributed by atoms with Crippen molar-refractivity contribution in [1.82, 2.24) is 0 Å². The van der Waals surface area contributed by atoms with E-state index in [2.05, 4.69) is 0 Å². The normalized spacial score (nSPS) is 10.2. The van der Waals surface area contributed by atoms with Gasteiger partial charge in [-0.05, 0) is 35.4 Å². The topological polar surface area (TPSA) is 37.3 Å². The molecule has 0 unspecified atom stereocenters. The second-order valence-corrected chi connectivity index (χ2v) is 3.94. The molecule has 2 rings (SSSR count). The van der Waals surface area contributed by atoms with E-state index in [1.807, 2.05) is 0 Å². The van der Waals surface area contributed by atoms with Crippen molar-refractivity contribution in [3.05, 3.63) is 58.9 Å². The third kappa shape index (κ3) is 2.45. The minimum atomic E-state index is -1.17. The van der Waals surface area contributed by atoms with Gasteiger partial charge in [-0.1, -0.05) is 29.8 Å². The quantitative estimate of drug-likeness (QED) is 0.879. The fourth-order valence-electron chi connectivity index (χ4n) is 1.60. The third-order valence-electron chi connectivity index (χ3n) is 2.35. The minimum absolute atomic E-state index is 0.0766. The second-order valence-electron chi connectivity index (χ2n) is 3.51.